The normalized spacial score (nSPS) is 12.8. The first-order chi connectivity index (χ1) is 21.2. The van der Waals surface area contributed by atoms with Gasteiger partial charge in [0.15, 0.2) is 0 Å². The van der Waals surface area contributed by atoms with Gasteiger partial charge in [-0.25, -0.2) is 9.97 Å². The second kappa shape index (κ2) is 11.5. The third-order valence-electron chi connectivity index (χ3n) is 6.22. The summed E-state index contributed by atoms with van der Waals surface area (Å²) < 4.78 is 136. The molecule has 0 saturated heterocycles. The number of hydrogen-bond donors (Lipinski definition) is 6. The van der Waals surface area contributed by atoms with E-state index >= 15 is 0 Å². The van der Waals surface area contributed by atoms with E-state index in [4.69, 9.17) is 23.2 Å². The van der Waals surface area contributed by atoms with Gasteiger partial charge in [0.2, 0.25) is 11.9 Å². The zero-order valence-electron chi connectivity index (χ0n) is 22.0. The fraction of sp³-hybridized carbons (Fsp3) is 0. The molecule has 242 valence electrons. The van der Waals surface area contributed by atoms with Crippen LogP contribution in [0.4, 0.5) is 23.3 Å². The Balaban J connectivity index is 1.66. The third-order valence-corrected chi connectivity index (χ3v) is 10.6. The Labute approximate surface area is 269 Å². The summed E-state index contributed by atoms with van der Waals surface area (Å²) in [5, 5.41) is 2.49. The first-order valence-electron chi connectivity index (χ1n) is 11.8. The highest BCUT2D eigenvalue weighted by molar-refractivity contribution is 7.87. The van der Waals surface area contributed by atoms with Crippen molar-refractivity contribution in [3.8, 4) is 0 Å². The highest BCUT2D eigenvalue weighted by Crippen LogP contribution is 2.42. The number of anilines is 4. The van der Waals surface area contributed by atoms with Crippen LogP contribution in [-0.4, -0.2) is 66.8 Å². The van der Waals surface area contributed by atoms with Crippen LogP contribution in [0, 0.1) is 0 Å². The number of benzene rings is 4. The van der Waals surface area contributed by atoms with Crippen LogP contribution < -0.4 is 10.6 Å². The molecule has 0 spiro atoms. The Kier molecular flexibility index (Phi) is 8.39. The van der Waals surface area contributed by atoms with Crippen molar-refractivity contribution in [2.24, 2.45) is 0 Å². The van der Waals surface area contributed by atoms with E-state index in [1.165, 1.54) is 0 Å². The molecule has 1 heterocycles. The van der Waals surface area contributed by atoms with E-state index in [9.17, 15) is 51.9 Å². The minimum Gasteiger partial charge on any atom is -0.323 e. The summed E-state index contributed by atoms with van der Waals surface area (Å²) in [6, 6.07) is 8.03. The summed E-state index contributed by atoms with van der Waals surface area (Å²) in [5.41, 5.74) is -0.740. The molecule has 0 aliphatic carbocycles. The van der Waals surface area contributed by atoms with Gasteiger partial charge in [0.25, 0.3) is 40.5 Å². The van der Waals surface area contributed by atoms with Gasteiger partial charge in [0, 0.05) is 21.5 Å². The van der Waals surface area contributed by atoms with Crippen molar-refractivity contribution in [3.63, 3.8) is 0 Å². The van der Waals surface area contributed by atoms with E-state index in [0.29, 0.717) is 0 Å². The molecule has 0 saturated carbocycles. The van der Waals surface area contributed by atoms with E-state index < -0.39 is 92.8 Å². The molecule has 4 aromatic carbocycles. The van der Waals surface area contributed by atoms with Gasteiger partial charge in [-0.1, -0.05) is 47.5 Å². The van der Waals surface area contributed by atoms with E-state index in [2.05, 4.69) is 25.6 Å². The Morgan fingerprint density at radius 2 is 0.891 bits per heavy atom. The predicted molar refractivity (Wildman–Crippen MR) is 164 cm³/mol. The maximum Gasteiger partial charge on any atom is 0.295 e. The summed E-state index contributed by atoms with van der Waals surface area (Å²) in [4.78, 5) is 8.52. The number of rotatable bonds is 8. The quantitative estimate of drug-likeness (QED) is 0.122. The number of nitrogens with one attached hydrogen (secondary N) is 2. The van der Waals surface area contributed by atoms with Gasteiger partial charge in [-0.05, 0) is 24.3 Å². The van der Waals surface area contributed by atoms with Crippen molar-refractivity contribution >= 4 is 108 Å². The molecule has 1 aromatic heterocycles. The third kappa shape index (κ3) is 6.42. The topological polar surface area (TPSA) is 280 Å². The van der Waals surface area contributed by atoms with E-state index in [-0.39, 0.29) is 22.1 Å². The molecule has 46 heavy (non-hydrogen) atoms. The molecule has 0 amide bonds. The lowest BCUT2D eigenvalue weighted by atomic mass is 10.1. The summed E-state index contributed by atoms with van der Waals surface area (Å²) in [7, 11) is -19.9. The molecule has 0 bridgehead atoms. The van der Waals surface area contributed by atoms with Crippen molar-refractivity contribution in [1.82, 2.24) is 15.0 Å². The van der Waals surface area contributed by atoms with Crippen molar-refractivity contribution in [1.29, 1.82) is 0 Å². The largest absolute Gasteiger partial charge is 0.323 e. The molecule has 5 rings (SSSR count). The lowest BCUT2D eigenvalue weighted by Crippen LogP contribution is -2.08. The number of nitrogens with zero attached hydrogens (tertiary/aromatic N) is 3. The Morgan fingerprint density at radius 1 is 0.543 bits per heavy atom. The fourth-order valence-corrected chi connectivity index (χ4v) is 8.03. The molecule has 0 fully saturated rings. The van der Waals surface area contributed by atoms with Gasteiger partial charge in [0.1, 0.15) is 25.9 Å². The maximum atomic E-state index is 12.2. The molecule has 6 N–H and O–H groups in total. The van der Waals surface area contributed by atoms with Gasteiger partial charge >= 0.3 is 0 Å². The summed E-state index contributed by atoms with van der Waals surface area (Å²) in [6.07, 6.45) is 0.891. The Morgan fingerprint density at radius 3 is 1.22 bits per heavy atom. The van der Waals surface area contributed by atoms with Crippen molar-refractivity contribution in [3.05, 3.63) is 64.9 Å². The number of hydrogen-bond acceptors (Lipinski definition) is 13. The van der Waals surface area contributed by atoms with Crippen LogP contribution in [0.25, 0.3) is 21.5 Å². The van der Waals surface area contributed by atoms with Gasteiger partial charge < -0.3 is 10.6 Å². The van der Waals surface area contributed by atoms with E-state index in [1.54, 1.807) is 0 Å². The molecule has 0 aliphatic heterocycles. The molecule has 0 radical (unpaired) electrons. The molecule has 5 aromatic rings. The average molecular weight is 753 g/mol. The second-order valence-electron chi connectivity index (χ2n) is 9.11. The molecule has 23 heteroatoms. The lowest BCUT2D eigenvalue weighted by Gasteiger charge is -2.16. The van der Waals surface area contributed by atoms with Crippen LogP contribution in [-0.2, 0) is 40.5 Å². The zero-order valence-corrected chi connectivity index (χ0v) is 26.8. The Bertz CT molecular complexity index is 2390. The highest BCUT2D eigenvalue weighted by Gasteiger charge is 2.27. The average Bonchev–Trinajstić information content (AvgIpc) is 2.93. The van der Waals surface area contributed by atoms with Gasteiger partial charge in [0.05, 0.1) is 21.4 Å². The van der Waals surface area contributed by atoms with Crippen LogP contribution in [0.1, 0.15) is 0 Å². The van der Waals surface area contributed by atoms with E-state index in [0.717, 1.165) is 54.9 Å². The van der Waals surface area contributed by atoms with Crippen LogP contribution >= 0.6 is 23.2 Å². The first-order valence-corrected chi connectivity index (χ1v) is 18.3. The molecular formula is C23H15Cl2N5O12S4. The molecule has 17 nitrogen and oxygen atoms in total. The SMILES string of the molecule is O=S(=O)(O)c1cc(Nc2ncnc(Nc3cc(S(=O)(=O)O)c4cccc(S(=O)(=O)O)c4c3Cl)n2)c(Cl)c2c(S(=O)(=O)O)cccc12. The molecule has 0 unspecified atom stereocenters. The standard InChI is InChI=1S/C23H15Cl2N5O12S4/c24-20-12(7-16(45(37,38)39)10-3-1-5-14(18(10)20)43(31,32)33)28-22-26-9-27-23(30-22)29-13-8-17(46(40,41)42)11-4-2-6-15(44(34,35)36)19(11)21(13)25/h1-9H,(H,31,32,33)(H,34,35,36)(H,37,38,39)(H,40,41,42)(H2,26,27,28,29,30). The number of fused-ring (bicyclic) bond motifs is 2. The predicted octanol–water partition coefficient (Wildman–Crippen LogP) is 3.96. The first kappa shape index (κ1) is 33.6. The van der Waals surface area contributed by atoms with Crippen LogP contribution in [0.2, 0.25) is 10.0 Å². The van der Waals surface area contributed by atoms with Gasteiger partial charge in [-0.2, -0.15) is 38.7 Å². The molecular weight excluding hydrogens is 737 g/mol. The van der Waals surface area contributed by atoms with Crippen LogP contribution in [0.3, 0.4) is 0 Å². The smallest absolute Gasteiger partial charge is 0.295 e. The zero-order chi connectivity index (χ0) is 34.0. The molecule has 0 atom stereocenters. The second-order valence-corrected chi connectivity index (χ2v) is 15.4. The van der Waals surface area contributed by atoms with Gasteiger partial charge in [-0.3, -0.25) is 18.2 Å². The van der Waals surface area contributed by atoms with Crippen LogP contribution in [0.15, 0.2) is 74.4 Å². The van der Waals surface area contributed by atoms with Crippen molar-refractivity contribution < 1.29 is 51.9 Å². The number of aromatic nitrogens is 3. The highest BCUT2D eigenvalue weighted by atomic mass is 35.5. The summed E-state index contributed by atoms with van der Waals surface area (Å²) >= 11 is 12.8. The van der Waals surface area contributed by atoms with Crippen molar-refractivity contribution in [2.75, 3.05) is 10.6 Å². The monoisotopic (exact) mass is 751 g/mol. The number of halogens is 2. The fourth-order valence-electron chi connectivity index (χ4n) is 4.44. The minimum atomic E-state index is -5.01. The summed E-state index contributed by atoms with van der Waals surface area (Å²) in [5.74, 6) is -0.815. The maximum absolute atomic E-state index is 12.2. The lowest BCUT2D eigenvalue weighted by molar-refractivity contribution is 0.481. The van der Waals surface area contributed by atoms with Gasteiger partial charge in [-0.15, -0.1) is 0 Å². The molecule has 0 aliphatic rings. The summed E-state index contributed by atoms with van der Waals surface area (Å²) in [6.45, 7) is 0. The Hall–Kier alpha value is -3.77. The minimum absolute atomic E-state index is 0.351. The van der Waals surface area contributed by atoms with E-state index in [1.807, 2.05) is 0 Å². The van der Waals surface area contributed by atoms with Crippen LogP contribution in [0.5, 0.6) is 0 Å². The van der Waals surface area contributed by atoms with Crippen molar-refractivity contribution in [2.45, 2.75) is 19.6 Å².